The number of hydrogen-bond acceptors (Lipinski definition) is 1. The van der Waals surface area contributed by atoms with Crippen LogP contribution in [0.1, 0.15) is 11.1 Å². The lowest BCUT2D eigenvalue weighted by molar-refractivity contribution is -0.120. The van der Waals surface area contributed by atoms with Crippen LogP contribution in [0, 0.1) is 0 Å². The van der Waals surface area contributed by atoms with Crippen molar-refractivity contribution < 1.29 is 4.79 Å². The zero-order valence-electron chi connectivity index (χ0n) is 10.5. The van der Waals surface area contributed by atoms with E-state index in [-0.39, 0.29) is 12.3 Å². The van der Waals surface area contributed by atoms with E-state index in [2.05, 4.69) is 5.32 Å². The van der Waals surface area contributed by atoms with Gasteiger partial charge in [-0.3, -0.25) is 4.79 Å². The summed E-state index contributed by atoms with van der Waals surface area (Å²) in [6.45, 7) is 0.435. The third kappa shape index (κ3) is 4.41. The van der Waals surface area contributed by atoms with Gasteiger partial charge < -0.3 is 5.32 Å². The average Bonchev–Trinajstić information content (AvgIpc) is 2.40. The summed E-state index contributed by atoms with van der Waals surface area (Å²) in [4.78, 5) is 11.9. The van der Waals surface area contributed by atoms with E-state index >= 15 is 0 Å². The van der Waals surface area contributed by atoms with E-state index in [9.17, 15) is 4.79 Å². The van der Waals surface area contributed by atoms with Gasteiger partial charge in [-0.1, -0.05) is 53.0 Å². The van der Waals surface area contributed by atoms with E-state index in [0.717, 1.165) is 11.1 Å². The van der Waals surface area contributed by atoms with Gasteiger partial charge in [0.25, 0.3) is 0 Å². The summed E-state index contributed by atoms with van der Waals surface area (Å²) in [6.07, 6.45) is 0.219. The highest BCUT2D eigenvalue weighted by molar-refractivity contribution is 6.35. The van der Waals surface area contributed by atoms with Gasteiger partial charge in [0.1, 0.15) is 0 Å². The van der Waals surface area contributed by atoms with Gasteiger partial charge in [-0.15, -0.1) is 0 Å². The van der Waals surface area contributed by atoms with Crippen LogP contribution in [0.25, 0.3) is 0 Å². The number of carbonyl (C=O) groups is 1. The Labute approximate surface area is 132 Å². The first-order valence-electron chi connectivity index (χ1n) is 5.99. The lowest BCUT2D eigenvalue weighted by Crippen LogP contribution is -2.24. The fourth-order valence-electron chi connectivity index (χ4n) is 1.75. The highest BCUT2D eigenvalue weighted by atomic mass is 35.5. The molecule has 0 unspecified atom stereocenters. The first-order valence-corrected chi connectivity index (χ1v) is 7.13. The number of halogens is 3. The molecule has 1 amide bonds. The molecule has 5 heteroatoms. The predicted molar refractivity (Wildman–Crippen MR) is 83.5 cm³/mol. The summed E-state index contributed by atoms with van der Waals surface area (Å²) in [5, 5.41) is 4.53. The maximum absolute atomic E-state index is 11.9. The van der Waals surface area contributed by atoms with Gasteiger partial charge in [0.05, 0.1) is 6.42 Å². The topological polar surface area (TPSA) is 29.1 Å². The molecule has 1 N–H and O–H groups in total. The van der Waals surface area contributed by atoms with Gasteiger partial charge in [-0.2, -0.15) is 0 Å². The van der Waals surface area contributed by atoms with Gasteiger partial charge >= 0.3 is 0 Å². The SMILES string of the molecule is O=C(Cc1ccc(Cl)cc1Cl)NCc1cccc(Cl)c1. The molecule has 0 bridgehead atoms. The van der Waals surface area contributed by atoms with Crippen LogP contribution in [0.2, 0.25) is 15.1 Å². The van der Waals surface area contributed by atoms with Crippen molar-refractivity contribution in [3.05, 3.63) is 68.7 Å². The van der Waals surface area contributed by atoms with Crippen LogP contribution >= 0.6 is 34.8 Å². The van der Waals surface area contributed by atoms with Crippen LogP contribution in [-0.4, -0.2) is 5.91 Å². The fraction of sp³-hybridized carbons (Fsp3) is 0.133. The third-order valence-corrected chi connectivity index (χ3v) is 3.57. The van der Waals surface area contributed by atoms with Crippen molar-refractivity contribution in [2.45, 2.75) is 13.0 Å². The maximum atomic E-state index is 11.9. The lowest BCUT2D eigenvalue weighted by atomic mass is 10.1. The van der Waals surface area contributed by atoms with E-state index in [0.29, 0.717) is 21.6 Å². The smallest absolute Gasteiger partial charge is 0.224 e. The largest absolute Gasteiger partial charge is 0.352 e. The zero-order valence-corrected chi connectivity index (χ0v) is 12.8. The third-order valence-electron chi connectivity index (χ3n) is 2.74. The van der Waals surface area contributed by atoms with Crippen molar-refractivity contribution in [2.75, 3.05) is 0 Å². The number of hydrogen-bond donors (Lipinski definition) is 1. The Morgan fingerprint density at radius 1 is 1.00 bits per heavy atom. The van der Waals surface area contributed by atoms with Gasteiger partial charge in [0.2, 0.25) is 5.91 Å². The monoisotopic (exact) mass is 327 g/mol. The highest BCUT2D eigenvalue weighted by Gasteiger charge is 2.07. The molecule has 0 aromatic heterocycles. The summed E-state index contributed by atoms with van der Waals surface area (Å²) in [6, 6.07) is 12.5. The van der Waals surface area contributed by atoms with E-state index < -0.39 is 0 Å². The van der Waals surface area contributed by atoms with Crippen molar-refractivity contribution in [1.29, 1.82) is 0 Å². The maximum Gasteiger partial charge on any atom is 0.224 e. The number of amides is 1. The zero-order chi connectivity index (χ0) is 14.5. The molecule has 20 heavy (non-hydrogen) atoms. The quantitative estimate of drug-likeness (QED) is 0.879. The first kappa shape index (κ1) is 15.2. The molecular formula is C15H12Cl3NO. The Balaban J connectivity index is 1.92. The molecule has 0 saturated carbocycles. The Bertz CT molecular complexity index is 628. The fourth-order valence-corrected chi connectivity index (χ4v) is 2.44. The van der Waals surface area contributed by atoms with Crippen LogP contribution in [0.4, 0.5) is 0 Å². The summed E-state index contributed by atoms with van der Waals surface area (Å²) in [7, 11) is 0. The predicted octanol–water partition coefficient (Wildman–Crippen LogP) is 4.51. The van der Waals surface area contributed by atoms with E-state index in [1.807, 2.05) is 18.2 Å². The Morgan fingerprint density at radius 2 is 1.75 bits per heavy atom. The van der Waals surface area contributed by atoms with Crippen molar-refractivity contribution in [3.8, 4) is 0 Å². The van der Waals surface area contributed by atoms with E-state index in [1.54, 1.807) is 24.3 Å². The molecule has 0 fully saturated rings. The molecule has 0 spiro atoms. The van der Waals surface area contributed by atoms with Crippen LogP contribution in [0.5, 0.6) is 0 Å². The molecular weight excluding hydrogens is 317 g/mol. The van der Waals surface area contributed by atoms with Crippen LogP contribution < -0.4 is 5.32 Å². The summed E-state index contributed by atoms with van der Waals surface area (Å²) in [5.74, 6) is -0.103. The Morgan fingerprint density at radius 3 is 2.45 bits per heavy atom. The highest BCUT2D eigenvalue weighted by Crippen LogP contribution is 2.21. The van der Waals surface area contributed by atoms with Gasteiger partial charge in [0.15, 0.2) is 0 Å². The second-order valence-electron chi connectivity index (χ2n) is 4.32. The van der Waals surface area contributed by atoms with Crippen LogP contribution in [0.3, 0.4) is 0 Å². The molecule has 2 nitrogen and oxygen atoms in total. The number of nitrogens with one attached hydrogen (secondary N) is 1. The minimum Gasteiger partial charge on any atom is -0.352 e. The second-order valence-corrected chi connectivity index (χ2v) is 5.60. The van der Waals surface area contributed by atoms with Gasteiger partial charge in [-0.25, -0.2) is 0 Å². The van der Waals surface area contributed by atoms with Gasteiger partial charge in [0, 0.05) is 21.6 Å². The molecule has 0 aliphatic carbocycles. The Hall–Kier alpha value is -1.22. The number of carbonyl (C=O) groups excluding carboxylic acids is 1. The molecule has 2 rings (SSSR count). The molecule has 0 aliphatic rings. The number of rotatable bonds is 4. The van der Waals surface area contributed by atoms with Crippen molar-refractivity contribution in [3.63, 3.8) is 0 Å². The summed E-state index contributed by atoms with van der Waals surface area (Å²) in [5.41, 5.74) is 1.70. The molecule has 0 radical (unpaired) electrons. The van der Waals surface area contributed by atoms with E-state index in [1.165, 1.54) is 0 Å². The number of benzene rings is 2. The first-order chi connectivity index (χ1) is 9.54. The molecule has 0 atom stereocenters. The molecule has 2 aromatic carbocycles. The van der Waals surface area contributed by atoms with Crippen molar-refractivity contribution in [2.24, 2.45) is 0 Å². The molecule has 2 aromatic rings. The van der Waals surface area contributed by atoms with Crippen LogP contribution in [0.15, 0.2) is 42.5 Å². The summed E-state index contributed by atoms with van der Waals surface area (Å²) >= 11 is 17.7. The normalized spacial score (nSPS) is 10.3. The molecule has 104 valence electrons. The second kappa shape index (κ2) is 6.98. The van der Waals surface area contributed by atoms with Crippen molar-refractivity contribution >= 4 is 40.7 Å². The lowest BCUT2D eigenvalue weighted by Gasteiger charge is -2.07. The molecule has 0 saturated heterocycles. The molecule has 0 heterocycles. The van der Waals surface area contributed by atoms with Gasteiger partial charge in [-0.05, 0) is 35.4 Å². The Kier molecular flexibility index (Phi) is 5.30. The molecule has 0 aliphatic heterocycles. The van der Waals surface area contributed by atoms with Crippen LogP contribution in [-0.2, 0) is 17.8 Å². The standard InChI is InChI=1S/C15H12Cl3NO/c16-12-3-1-2-10(6-12)9-19-15(20)7-11-4-5-13(17)8-14(11)18/h1-6,8H,7,9H2,(H,19,20). The van der Waals surface area contributed by atoms with E-state index in [4.69, 9.17) is 34.8 Å². The minimum absolute atomic E-state index is 0.103. The van der Waals surface area contributed by atoms with Crippen molar-refractivity contribution in [1.82, 2.24) is 5.32 Å². The minimum atomic E-state index is -0.103. The summed E-state index contributed by atoms with van der Waals surface area (Å²) < 4.78 is 0. The average molecular weight is 329 g/mol.